The Balaban J connectivity index is 2.09. The number of carboxylic acid groups (broad SMARTS) is 1. The van der Waals surface area contributed by atoms with Crippen LogP contribution in [0.1, 0.15) is 27.5 Å². The largest absolute Gasteiger partial charge is 0.475 e. The Labute approximate surface area is 96.9 Å². The molecule has 1 aromatic heterocycles. The van der Waals surface area contributed by atoms with Crippen LogP contribution < -0.4 is 0 Å². The summed E-state index contributed by atoms with van der Waals surface area (Å²) in [5.41, 5.74) is -0.00296. The number of aromatic carboxylic acids is 1. The van der Waals surface area contributed by atoms with E-state index in [0.29, 0.717) is 13.2 Å². The van der Waals surface area contributed by atoms with E-state index in [1.165, 1.54) is 4.90 Å². The number of hydrogen-bond acceptors (Lipinski definition) is 5. The van der Waals surface area contributed by atoms with Crippen molar-refractivity contribution in [2.75, 3.05) is 20.3 Å². The highest BCUT2D eigenvalue weighted by Crippen LogP contribution is 2.14. The van der Waals surface area contributed by atoms with Crippen LogP contribution >= 0.6 is 0 Å². The molecule has 1 unspecified atom stereocenters. The number of aromatic nitrogens is 1. The highest BCUT2D eigenvalue weighted by atomic mass is 16.5. The molecule has 17 heavy (non-hydrogen) atoms. The van der Waals surface area contributed by atoms with E-state index in [1.807, 2.05) is 0 Å². The Morgan fingerprint density at radius 2 is 2.35 bits per heavy atom. The van der Waals surface area contributed by atoms with Crippen molar-refractivity contribution in [2.45, 2.75) is 12.5 Å². The molecular formula is C10H12N2O5. The van der Waals surface area contributed by atoms with Crippen molar-refractivity contribution in [3.05, 3.63) is 17.5 Å². The van der Waals surface area contributed by atoms with Crippen molar-refractivity contribution in [1.82, 2.24) is 10.1 Å². The number of carbonyl (C=O) groups is 2. The Bertz CT molecular complexity index is 436. The van der Waals surface area contributed by atoms with E-state index in [4.69, 9.17) is 9.84 Å². The van der Waals surface area contributed by atoms with E-state index in [9.17, 15) is 9.59 Å². The third-order valence-corrected chi connectivity index (χ3v) is 2.71. The van der Waals surface area contributed by atoms with Crippen LogP contribution in [0.2, 0.25) is 0 Å². The number of ether oxygens (including phenoxy) is 1. The van der Waals surface area contributed by atoms with Gasteiger partial charge in [-0.2, -0.15) is 0 Å². The molecule has 1 atom stereocenters. The lowest BCUT2D eigenvalue weighted by Gasteiger charge is -2.21. The minimum Gasteiger partial charge on any atom is -0.475 e. The van der Waals surface area contributed by atoms with Gasteiger partial charge in [0, 0.05) is 19.7 Å². The maximum Gasteiger partial charge on any atom is 0.374 e. The van der Waals surface area contributed by atoms with Gasteiger partial charge in [0.05, 0.1) is 12.6 Å². The molecule has 7 nitrogen and oxygen atoms in total. The van der Waals surface area contributed by atoms with Crippen LogP contribution in [0.5, 0.6) is 0 Å². The predicted octanol–water partition coefficient (Wildman–Crippen LogP) is 0.234. The average molecular weight is 240 g/mol. The van der Waals surface area contributed by atoms with Crippen molar-refractivity contribution in [1.29, 1.82) is 0 Å². The predicted molar refractivity (Wildman–Crippen MR) is 54.8 cm³/mol. The fraction of sp³-hybridized carbons (Fsp3) is 0.500. The highest BCUT2D eigenvalue weighted by molar-refractivity contribution is 5.94. The molecular weight excluding hydrogens is 228 g/mol. The third kappa shape index (κ3) is 2.28. The Kier molecular flexibility index (Phi) is 3.10. The Morgan fingerprint density at radius 1 is 1.59 bits per heavy atom. The number of likely N-dealkylation sites (N-methyl/N-ethyl adjacent to an activating group) is 1. The van der Waals surface area contributed by atoms with Gasteiger partial charge in [-0.25, -0.2) is 4.79 Å². The van der Waals surface area contributed by atoms with E-state index >= 15 is 0 Å². The molecule has 1 aromatic rings. The Morgan fingerprint density at radius 3 is 2.88 bits per heavy atom. The lowest BCUT2D eigenvalue weighted by atomic mass is 10.2. The molecule has 1 N–H and O–H groups in total. The van der Waals surface area contributed by atoms with E-state index < -0.39 is 5.97 Å². The molecule has 0 aromatic carbocycles. The normalized spacial score (nSPS) is 19.2. The molecule has 0 spiro atoms. The second kappa shape index (κ2) is 4.54. The first-order chi connectivity index (χ1) is 8.09. The number of carboxylic acids is 1. The zero-order valence-corrected chi connectivity index (χ0v) is 9.25. The molecule has 1 aliphatic heterocycles. The van der Waals surface area contributed by atoms with Crippen LogP contribution in [0.4, 0.5) is 0 Å². The summed E-state index contributed by atoms with van der Waals surface area (Å²) in [5.74, 6) is -1.95. The minimum absolute atomic E-state index is 0.00296. The van der Waals surface area contributed by atoms with Crippen molar-refractivity contribution in [3.63, 3.8) is 0 Å². The average Bonchev–Trinajstić information content (AvgIpc) is 2.97. The van der Waals surface area contributed by atoms with Gasteiger partial charge in [0.2, 0.25) is 5.76 Å². The first-order valence-corrected chi connectivity index (χ1v) is 5.14. The van der Waals surface area contributed by atoms with E-state index in [2.05, 4.69) is 9.68 Å². The monoisotopic (exact) mass is 240 g/mol. The van der Waals surface area contributed by atoms with Gasteiger partial charge in [0.25, 0.3) is 5.91 Å². The summed E-state index contributed by atoms with van der Waals surface area (Å²) >= 11 is 0. The summed E-state index contributed by atoms with van der Waals surface area (Å²) in [7, 11) is 1.64. The fourth-order valence-corrected chi connectivity index (χ4v) is 1.65. The molecule has 1 saturated heterocycles. The SMILES string of the molecule is CN(C(=O)c1cc(C(=O)O)on1)C1CCOC1. The van der Waals surface area contributed by atoms with Crippen molar-refractivity contribution < 1.29 is 24.0 Å². The van der Waals surface area contributed by atoms with Gasteiger partial charge in [-0.05, 0) is 6.42 Å². The second-order valence-electron chi connectivity index (χ2n) is 3.82. The summed E-state index contributed by atoms with van der Waals surface area (Å²) in [6.45, 7) is 1.12. The van der Waals surface area contributed by atoms with Gasteiger partial charge in [0.1, 0.15) is 0 Å². The van der Waals surface area contributed by atoms with Crippen LogP contribution in [-0.2, 0) is 4.74 Å². The second-order valence-corrected chi connectivity index (χ2v) is 3.82. The molecule has 1 amide bonds. The van der Waals surface area contributed by atoms with Gasteiger partial charge < -0.3 is 19.3 Å². The Hall–Kier alpha value is -1.89. The minimum atomic E-state index is -1.25. The maximum absolute atomic E-state index is 11.9. The zero-order valence-electron chi connectivity index (χ0n) is 9.25. The first-order valence-electron chi connectivity index (χ1n) is 5.14. The molecule has 7 heteroatoms. The van der Waals surface area contributed by atoms with Gasteiger partial charge in [-0.3, -0.25) is 4.79 Å². The van der Waals surface area contributed by atoms with Gasteiger partial charge in [-0.1, -0.05) is 5.16 Å². The smallest absolute Gasteiger partial charge is 0.374 e. The summed E-state index contributed by atoms with van der Waals surface area (Å²) in [6, 6.07) is 1.13. The maximum atomic E-state index is 11.9. The summed E-state index contributed by atoms with van der Waals surface area (Å²) in [5, 5.41) is 12.1. The van der Waals surface area contributed by atoms with Crippen LogP contribution in [0.25, 0.3) is 0 Å². The molecule has 0 bridgehead atoms. The van der Waals surface area contributed by atoms with E-state index in [0.717, 1.165) is 12.5 Å². The number of nitrogens with zero attached hydrogens (tertiary/aromatic N) is 2. The molecule has 1 fully saturated rings. The number of rotatable bonds is 3. The van der Waals surface area contributed by atoms with Crippen molar-refractivity contribution in [2.24, 2.45) is 0 Å². The summed E-state index contributed by atoms with van der Waals surface area (Å²) in [4.78, 5) is 24.0. The van der Waals surface area contributed by atoms with Crippen LogP contribution in [0.3, 0.4) is 0 Å². The molecule has 2 heterocycles. The van der Waals surface area contributed by atoms with Gasteiger partial charge >= 0.3 is 5.97 Å². The van der Waals surface area contributed by atoms with Gasteiger partial charge in [-0.15, -0.1) is 0 Å². The fourth-order valence-electron chi connectivity index (χ4n) is 1.65. The topological polar surface area (TPSA) is 92.9 Å². The summed E-state index contributed by atoms with van der Waals surface area (Å²) < 4.78 is 9.71. The van der Waals surface area contributed by atoms with Gasteiger partial charge in [0.15, 0.2) is 5.69 Å². The van der Waals surface area contributed by atoms with E-state index in [-0.39, 0.29) is 23.4 Å². The lowest BCUT2D eigenvalue weighted by Crippen LogP contribution is -2.37. The third-order valence-electron chi connectivity index (χ3n) is 2.71. The highest BCUT2D eigenvalue weighted by Gasteiger charge is 2.27. The van der Waals surface area contributed by atoms with Crippen molar-refractivity contribution in [3.8, 4) is 0 Å². The molecule has 0 aliphatic carbocycles. The quantitative estimate of drug-likeness (QED) is 0.813. The standard InChI is InChI=1S/C10H12N2O5/c1-12(6-2-3-16-5-6)9(13)7-4-8(10(14)15)17-11-7/h4,6H,2-3,5H2,1H3,(H,14,15). The molecule has 92 valence electrons. The van der Waals surface area contributed by atoms with Crippen LogP contribution in [0.15, 0.2) is 10.6 Å². The van der Waals surface area contributed by atoms with Crippen LogP contribution in [0, 0.1) is 0 Å². The molecule has 1 aliphatic rings. The molecule has 0 saturated carbocycles. The van der Waals surface area contributed by atoms with Crippen molar-refractivity contribution >= 4 is 11.9 Å². The number of amides is 1. The van der Waals surface area contributed by atoms with E-state index in [1.54, 1.807) is 7.05 Å². The molecule has 0 radical (unpaired) electrons. The summed E-state index contributed by atoms with van der Waals surface area (Å²) in [6.07, 6.45) is 0.770. The van der Waals surface area contributed by atoms with Crippen LogP contribution in [-0.4, -0.2) is 53.3 Å². The number of carbonyl (C=O) groups excluding carboxylic acids is 1. The zero-order chi connectivity index (χ0) is 12.4. The number of hydrogen-bond donors (Lipinski definition) is 1. The first kappa shape index (κ1) is 11.6. The molecule has 2 rings (SSSR count). The lowest BCUT2D eigenvalue weighted by molar-refractivity contribution is 0.0646.